The van der Waals surface area contributed by atoms with Crippen molar-refractivity contribution in [1.82, 2.24) is 4.31 Å². The van der Waals surface area contributed by atoms with Crippen LogP contribution in [0.3, 0.4) is 0 Å². The zero-order chi connectivity index (χ0) is 14.8. The van der Waals surface area contributed by atoms with Crippen molar-refractivity contribution in [3.05, 3.63) is 28.2 Å². The molecule has 1 aromatic rings. The summed E-state index contributed by atoms with van der Waals surface area (Å²) in [4.78, 5) is 0.415. The molecule has 0 spiro atoms. The summed E-state index contributed by atoms with van der Waals surface area (Å²) >= 11 is 3.36. The van der Waals surface area contributed by atoms with Crippen LogP contribution >= 0.6 is 15.9 Å². The Morgan fingerprint density at radius 3 is 2.35 bits per heavy atom. The molecule has 5 heteroatoms. The van der Waals surface area contributed by atoms with Crippen molar-refractivity contribution in [2.24, 2.45) is 0 Å². The van der Waals surface area contributed by atoms with Gasteiger partial charge in [-0.2, -0.15) is 4.31 Å². The average Bonchev–Trinajstić information content (AvgIpc) is 2.69. The first-order valence-corrected chi connectivity index (χ1v) is 9.40. The molecule has 0 aromatic heterocycles. The largest absolute Gasteiger partial charge is 0.243 e. The molecule has 112 valence electrons. The highest BCUT2D eigenvalue weighted by Crippen LogP contribution is 2.28. The number of sulfonamides is 1. The van der Waals surface area contributed by atoms with Crippen LogP contribution in [0.5, 0.6) is 0 Å². The lowest BCUT2D eigenvalue weighted by atomic mass is 10.1. The number of rotatable bonds is 3. The zero-order valence-electron chi connectivity index (χ0n) is 12.1. The number of halogens is 1. The lowest BCUT2D eigenvalue weighted by Gasteiger charge is -2.27. The van der Waals surface area contributed by atoms with Gasteiger partial charge >= 0.3 is 0 Å². The van der Waals surface area contributed by atoms with Gasteiger partial charge in [-0.05, 0) is 37.5 Å². The number of hydrogen-bond acceptors (Lipinski definition) is 2. The second-order valence-corrected chi connectivity index (χ2v) is 8.46. The van der Waals surface area contributed by atoms with Crippen LogP contribution in [0.15, 0.2) is 27.6 Å². The molecule has 20 heavy (non-hydrogen) atoms. The smallest absolute Gasteiger partial charge is 0.207 e. The predicted octanol–water partition coefficient (Wildman–Crippen LogP) is 4.10. The minimum atomic E-state index is -3.40. The van der Waals surface area contributed by atoms with Crippen LogP contribution < -0.4 is 0 Å². The van der Waals surface area contributed by atoms with Crippen LogP contribution in [0.25, 0.3) is 0 Å². The minimum Gasteiger partial charge on any atom is -0.207 e. The first-order valence-electron chi connectivity index (χ1n) is 7.17. The summed E-state index contributed by atoms with van der Waals surface area (Å²) < 4.78 is 28.0. The molecule has 1 aliphatic carbocycles. The third kappa shape index (κ3) is 3.43. The molecule has 0 aliphatic heterocycles. The summed E-state index contributed by atoms with van der Waals surface area (Å²) in [7, 11) is -1.68. The van der Waals surface area contributed by atoms with Gasteiger partial charge in [0, 0.05) is 17.6 Å². The van der Waals surface area contributed by atoms with Gasteiger partial charge in [-0.25, -0.2) is 8.42 Å². The highest BCUT2D eigenvalue weighted by molar-refractivity contribution is 9.10. The summed E-state index contributed by atoms with van der Waals surface area (Å²) in [6, 6.07) is 5.57. The lowest BCUT2D eigenvalue weighted by molar-refractivity contribution is 0.335. The molecule has 1 fully saturated rings. The molecular weight excluding hydrogens is 338 g/mol. The van der Waals surface area contributed by atoms with E-state index in [1.165, 1.54) is 12.8 Å². The van der Waals surface area contributed by atoms with Crippen molar-refractivity contribution < 1.29 is 8.42 Å². The predicted molar refractivity (Wildman–Crippen MR) is 85.3 cm³/mol. The van der Waals surface area contributed by atoms with E-state index < -0.39 is 10.0 Å². The van der Waals surface area contributed by atoms with Gasteiger partial charge in [0.1, 0.15) is 0 Å². The first-order chi connectivity index (χ1) is 9.43. The molecule has 1 aromatic carbocycles. The van der Waals surface area contributed by atoms with Crippen molar-refractivity contribution in [3.8, 4) is 0 Å². The van der Waals surface area contributed by atoms with Gasteiger partial charge in [0.15, 0.2) is 0 Å². The Morgan fingerprint density at radius 2 is 1.75 bits per heavy atom. The van der Waals surface area contributed by atoms with Crippen LogP contribution in [-0.4, -0.2) is 25.8 Å². The average molecular weight is 360 g/mol. The fraction of sp³-hybridized carbons (Fsp3) is 0.600. The Kier molecular flexibility index (Phi) is 5.26. The first kappa shape index (κ1) is 16.0. The maximum absolute atomic E-state index is 12.8. The van der Waals surface area contributed by atoms with E-state index in [9.17, 15) is 8.42 Å². The van der Waals surface area contributed by atoms with E-state index in [1.807, 2.05) is 19.1 Å². The van der Waals surface area contributed by atoms with Crippen molar-refractivity contribution in [2.45, 2.75) is 56.4 Å². The molecule has 0 radical (unpaired) electrons. The van der Waals surface area contributed by atoms with E-state index in [2.05, 4.69) is 15.9 Å². The minimum absolute atomic E-state index is 0.140. The molecule has 0 bridgehead atoms. The molecule has 0 amide bonds. The van der Waals surface area contributed by atoms with E-state index in [-0.39, 0.29) is 6.04 Å². The van der Waals surface area contributed by atoms with Crippen molar-refractivity contribution in [3.63, 3.8) is 0 Å². The van der Waals surface area contributed by atoms with Gasteiger partial charge in [-0.15, -0.1) is 0 Å². The van der Waals surface area contributed by atoms with Crippen molar-refractivity contribution in [1.29, 1.82) is 0 Å². The Morgan fingerprint density at radius 1 is 1.15 bits per heavy atom. The zero-order valence-corrected chi connectivity index (χ0v) is 14.5. The molecule has 2 rings (SSSR count). The van der Waals surface area contributed by atoms with Crippen LogP contribution in [0.4, 0.5) is 0 Å². The van der Waals surface area contributed by atoms with Gasteiger partial charge in [-0.3, -0.25) is 0 Å². The standard InChI is InChI=1S/C15H22BrNO2S/c1-12-9-10-13(16)11-15(12)20(18,19)17(2)14-7-5-3-4-6-8-14/h9-11,14H,3-8H2,1-2H3. The van der Waals surface area contributed by atoms with Gasteiger partial charge in [-0.1, -0.05) is 47.7 Å². The van der Waals surface area contributed by atoms with Crippen molar-refractivity contribution >= 4 is 26.0 Å². The summed E-state index contributed by atoms with van der Waals surface area (Å²) in [5.41, 5.74) is 0.800. The number of hydrogen-bond donors (Lipinski definition) is 0. The SMILES string of the molecule is Cc1ccc(Br)cc1S(=O)(=O)N(C)C1CCCCCC1. The summed E-state index contributed by atoms with van der Waals surface area (Å²) in [5, 5.41) is 0. The summed E-state index contributed by atoms with van der Waals surface area (Å²) in [5.74, 6) is 0. The van der Waals surface area contributed by atoms with Gasteiger partial charge in [0.25, 0.3) is 0 Å². The van der Waals surface area contributed by atoms with Crippen LogP contribution in [0, 0.1) is 6.92 Å². The maximum atomic E-state index is 12.8. The normalized spacial score (nSPS) is 18.2. The molecule has 0 heterocycles. The van der Waals surface area contributed by atoms with Gasteiger partial charge in [0.05, 0.1) is 4.90 Å². The second-order valence-electron chi connectivity index (χ2n) is 5.58. The van der Waals surface area contributed by atoms with E-state index in [0.717, 1.165) is 35.7 Å². The van der Waals surface area contributed by atoms with Crippen LogP contribution in [0.1, 0.15) is 44.1 Å². The molecule has 1 aliphatic rings. The van der Waals surface area contributed by atoms with Crippen molar-refractivity contribution in [2.75, 3.05) is 7.05 Å². The Bertz CT molecular complexity index is 563. The molecule has 0 atom stereocenters. The van der Waals surface area contributed by atoms with Gasteiger partial charge in [0.2, 0.25) is 10.0 Å². The third-order valence-electron chi connectivity index (χ3n) is 4.15. The molecule has 0 saturated heterocycles. The van der Waals surface area contributed by atoms with E-state index in [4.69, 9.17) is 0 Å². The van der Waals surface area contributed by atoms with Gasteiger partial charge < -0.3 is 0 Å². The third-order valence-corrected chi connectivity index (χ3v) is 6.69. The Labute approximate surface area is 130 Å². The van der Waals surface area contributed by atoms with Crippen LogP contribution in [-0.2, 0) is 10.0 Å². The van der Waals surface area contributed by atoms with E-state index in [1.54, 1.807) is 17.4 Å². The number of aryl methyl sites for hydroxylation is 1. The number of nitrogens with zero attached hydrogens (tertiary/aromatic N) is 1. The van der Waals surface area contributed by atoms with E-state index >= 15 is 0 Å². The van der Waals surface area contributed by atoms with Crippen LogP contribution in [0.2, 0.25) is 0 Å². The quantitative estimate of drug-likeness (QED) is 0.761. The lowest BCUT2D eigenvalue weighted by Crippen LogP contribution is -2.37. The monoisotopic (exact) mass is 359 g/mol. The fourth-order valence-corrected chi connectivity index (χ4v) is 5.00. The summed E-state index contributed by atoms with van der Waals surface area (Å²) in [6.07, 6.45) is 6.65. The topological polar surface area (TPSA) is 37.4 Å². The molecule has 0 N–H and O–H groups in total. The summed E-state index contributed by atoms with van der Waals surface area (Å²) in [6.45, 7) is 1.85. The molecule has 1 saturated carbocycles. The fourth-order valence-electron chi connectivity index (χ4n) is 2.82. The Hall–Kier alpha value is -0.390. The highest BCUT2D eigenvalue weighted by atomic mass is 79.9. The molecule has 0 unspecified atom stereocenters. The number of benzene rings is 1. The molecular formula is C15H22BrNO2S. The Balaban J connectivity index is 2.31. The second kappa shape index (κ2) is 6.58. The highest BCUT2D eigenvalue weighted by Gasteiger charge is 2.29. The molecule has 3 nitrogen and oxygen atoms in total. The maximum Gasteiger partial charge on any atom is 0.243 e. The van der Waals surface area contributed by atoms with E-state index in [0.29, 0.717) is 4.90 Å².